The van der Waals surface area contributed by atoms with Crippen molar-refractivity contribution in [2.75, 3.05) is 6.54 Å². The van der Waals surface area contributed by atoms with Gasteiger partial charge in [0.15, 0.2) is 0 Å². The molecule has 130 valence electrons. The molecule has 0 saturated carbocycles. The van der Waals surface area contributed by atoms with Gasteiger partial charge in [-0.25, -0.2) is 0 Å². The van der Waals surface area contributed by atoms with Gasteiger partial charge in [-0.2, -0.15) is 0 Å². The number of hydrogen-bond acceptors (Lipinski definition) is 2. The van der Waals surface area contributed by atoms with Crippen molar-refractivity contribution >= 4 is 18.3 Å². The summed E-state index contributed by atoms with van der Waals surface area (Å²) in [5, 5.41) is 3.01. The molecule has 24 heavy (non-hydrogen) atoms. The second kappa shape index (κ2) is 7.82. The Morgan fingerprint density at radius 2 is 1.50 bits per heavy atom. The van der Waals surface area contributed by atoms with E-state index in [-0.39, 0.29) is 23.7 Å². The maximum atomic E-state index is 12.6. The van der Waals surface area contributed by atoms with E-state index in [4.69, 9.17) is 5.73 Å². The van der Waals surface area contributed by atoms with Crippen molar-refractivity contribution in [2.24, 2.45) is 5.73 Å². The summed E-state index contributed by atoms with van der Waals surface area (Å²) < 4.78 is 0. The Kier molecular flexibility index (Phi) is 6.58. The molecule has 0 saturated heterocycles. The van der Waals surface area contributed by atoms with Crippen LogP contribution in [0.1, 0.15) is 37.5 Å². The van der Waals surface area contributed by atoms with Crippen molar-refractivity contribution in [3.63, 3.8) is 0 Å². The highest BCUT2D eigenvalue weighted by molar-refractivity contribution is 5.87. The molecule has 0 heterocycles. The summed E-state index contributed by atoms with van der Waals surface area (Å²) in [6.45, 7) is 8.59. The Labute approximate surface area is 151 Å². The van der Waals surface area contributed by atoms with Crippen molar-refractivity contribution < 1.29 is 4.79 Å². The van der Waals surface area contributed by atoms with Crippen LogP contribution >= 0.6 is 12.4 Å². The van der Waals surface area contributed by atoms with Crippen LogP contribution in [0.25, 0.3) is 0 Å². The third-order valence-corrected chi connectivity index (χ3v) is 4.37. The molecular formula is C20H27ClN2O. The van der Waals surface area contributed by atoms with Crippen molar-refractivity contribution in [3.8, 4) is 0 Å². The molecule has 0 spiro atoms. The van der Waals surface area contributed by atoms with E-state index in [0.29, 0.717) is 6.54 Å². The first-order chi connectivity index (χ1) is 10.7. The summed E-state index contributed by atoms with van der Waals surface area (Å²) in [6.07, 6.45) is 0. The van der Waals surface area contributed by atoms with E-state index >= 15 is 0 Å². The highest BCUT2D eigenvalue weighted by Crippen LogP contribution is 2.23. The van der Waals surface area contributed by atoms with Gasteiger partial charge in [-0.15, -0.1) is 12.4 Å². The second-order valence-corrected chi connectivity index (χ2v) is 7.00. The number of aryl methyl sites for hydroxylation is 1. The molecule has 1 amide bonds. The molecule has 2 rings (SSSR count). The molecule has 0 bridgehead atoms. The molecule has 1 atom stereocenters. The Morgan fingerprint density at radius 3 is 2.04 bits per heavy atom. The average Bonchev–Trinajstić information content (AvgIpc) is 2.54. The SMILES string of the molecule is Cc1ccc(C(C)(C)CNC(=O)C(C)(N)c2ccccc2)cc1.Cl. The predicted molar refractivity (Wildman–Crippen MR) is 102 cm³/mol. The third-order valence-electron chi connectivity index (χ3n) is 4.37. The zero-order valence-electron chi connectivity index (χ0n) is 14.8. The summed E-state index contributed by atoms with van der Waals surface area (Å²) in [4.78, 5) is 12.6. The van der Waals surface area contributed by atoms with Gasteiger partial charge in [0.2, 0.25) is 5.91 Å². The molecule has 0 fully saturated rings. The highest BCUT2D eigenvalue weighted by atomic mass is 35.5. The van der Waals surface area contributed by atoms with Crippen LogP contribution in [0, 0.1) is 6.92 Å². The van der Waals surface area contributed by atoms with Gasteiger partial charge < -0.3 is 11.1 Å². The molecule has 0 radical (unpaired) electrons. The molecule has 2 aromatic carbocycles. The number of rotatable bonds is 5. The van der Waals surface area contributed by atoms with E-state index in [1.54, 1.807) is 6.92 Å². The summed E-state index contributed by atoms with van der Waals surface area (Å²) in [5.74, 6) is -0.163. The van der Waals surface area contributed by atoms with Crippen LogP contribution in [0.3, 0.4) is 0 Å². The van der Waals surface area contributed by atoms with Gasteiger partial charge in [0, 0.05) is 12.0 Å². The van der Waals surface area contributed by atoms with E-state index in [1.807, 2.05) is 30.3 Å². The lowest BCUT2D eigenvalue weighted by Gasteiger charge is -2.29. The molecule has 0 aromatic heterocycles. The summed E-state index contributed by atoms with van der Waals surface area (Å²) in [5.41, 5.74) is 8.30. The summed E-state index contributed by atoms with van der Waals surface area (Å²) in [6, 6.07) is 17.9. The monoisotopic (exact) mass is 346 g/mol. The molecule has 0 aliphatic carbocycles. The van der Waals surface area contributed by atoms with Gasteiger partial charge in [0.05, 0.1) is 0 Å². The van der Waals surface area contributed by atoms with Gasteiger partial charge in [-0.05, 0) is 25.0 Å². The Morgan fingerprint density at radius 1 is 0.958 bits per heavy atom. The second-order valence-electron chi connectivity index (χ2n) is 7.00. The van der Waals surface area contributed by atoms with Gasteiger partial charge >= 0.3 is 0 Å². The van der Waals surface area contributed by atoms with E-state index in [0.717, 1.165) is 5.56 Å². The minimum atomic E-state index is -1.04. The van der Waals surface area contributed by atoms with Crippen LogP contribution in [0.15, 0.2) is 54.6 Å². The number of nitrogens with one attached hydrogen (secondary N) is 1. The first kappa shape index (κ1) is 20.2. The van der Waals surface area contributed by atoms with E-state index < -0.39 is 5.54 Å². The molecule has 3 N–H and O–H groups in total. The summed E-state index contributed by atoms with van der Waals surface area (Å²) >= 11 is 0. The molecule has 4 heteroatoms. The molecule has 0 aliphatic heterocycles. The molecular weight excluding hydrogens is 320 g/mol. The van der Waals surface area contributed by atoms with Crippen LogP contribution in [-0.4, -0.2) is 12.5 Å². The number of hydrogen-bond donors (Lipinski definition) is 2. The van der Waals surface area contributed by atoms with Crippen LogP contribution in [0.5, 0.6) is 0 Å². The van der Waals surface area contributed by atoms with Gasteiger partial charge in [-0.1, -0.05) is 74.0 Å². The van der Waals surface area contributed by atoms with Crippen molar-refractivity contribution in [1.82, 2.24) is 5.32 Å². The van der Waals surface area contributed by atoms with E-state index in [1.165, 1.54) is 11.1 Å². The minimum Gasteiger partial charge on any atom is -0.353 e. The largest absolute Gasteiger partial charge is 0.353 e. The number of benzene rings is 2. The highest BCUT2D eigenvalue weighted by Gasteiger charge is 2.31. The van der Waals surface area contributed by atoms with Crippen LogP contribution in [-0.2, 0) is 15.7 Å². The van der Waals surface area contributed by atoms with Crippen LogP contribution in [0.4, 0.5) is 0 Å². The number of carbonyl (C=O) groups is 1. The predicted octanol–water partition coefficient (Wildman–Crippen LogP) is 3.68. The van der Waals surface area contributed by atoms with Gasteiger partial charge in [-0.3, -0.25) is 4.79 Å². The standard InChI is InChI=1S/C20H26N2O.ClH/c1-15-10-12-16(13-11-15)19(2,3)14-22-18(23)20(4,21)17-8-6-5-7-9-17;/h5-13H,14,21H2,1-4H3,(H,22,23);1H. The van der Waals surface area contributed by atoms with Gasteiger partial charge in [0.1, 0.15) is 5.54 Å². The topological polar surface area (TPSA) is 55.1 Å². The molecule has 0 aliphatic rings. The molecule has 1 unspecified atom stereocenters. The maximum Gasteiger partial charge on any atom is 0.244 e. The fraction of sp³-hybridized carbons (Fsp3) is 0.350. The number of nitrogens with two attached hydrogens (primary N) is 1. The zero-order valence-corrected chi connectivity index (χ0v) is 15.6. The fourth-order valence-corrected chi connectivity index (χ4v) is 2.51. The average molecular weight is 347 g/mol. The third kappa shape index (κ3) is 4.59. The number of amides is 1. The normalized spacial score (nSPS) is 13.5. The fourth-order valence-electron chi connectivity index (χ4n) is 2.51. The van der Waals surface area contributed by atoms with E-state index in [9.17, 15) is 4.79 Å². The Bertz CT molecular complexity index is 664. The van der Waals surface area contributed by atoms with Crippen molar-refractivity contribution in [1.29, 1.82) is 0 Å². The lowest BCUT2D eigenvalue weighted by molar-refractivity contribution is -0.126. The maximum absolute atomic E-state index is 12.6. The van der Waals surface area contributed by atoms with Crippen LogP contribution in [0.2, 0.25) is 0 Å². The summed E-state index contributed by atoms with van der Waals surface area (Å²) in [7, 11) is 0. The smallest absolute Gasteiger partial charge is 0.244 e. The van der Waals surface area contributed by atoms with Crippen molar-refractivity contribution in [2.45, 2.75) is 38.6 Å². The zero-order chi connectivity index (χ0) is 17.1. The van der Waals surface area contributed by atoms with Crippen molar-refractivity contribution in [3.05, 3.63) is 71.3 Å². The minimum absolute atomic E-state index is 0. The first-order valence-corrected chi connectivity index (χ1v) is 7.93. The Balaban J connectivity index is 0.00000288. The Hall–Kier alpha value is -1.84. The lowest BCUT2D eigenvalue weighted by atomic mass is 9.83. The molecule has 2 aromatic rings. The first-order valence-electron chi connectivity index (χ1n) is 7.93. The molecule has 3 nitrogen and oxygen atoms in total. The number of halogens is 1. The van der Waals surface area contributed by atoms with E-state index in [2.05, 4.69) is 50.4 Å². The van der Waals surface area contributed by atoms with Gasteiger partial charge in [0.25, 0.3) is 0 Å². The quantitative estimate of drug-likeness (QED) is 0.867. The lowest BCUT2D eigenvalue weighted by Crippen LogP contribution is -2.51. The number of carbonyl (C=O) groups excluding carboxylic acids is 1. The van der Waals surface area contributed by atoms with Crippen LogP contribution < -0.4 is 11.1 Å².